The molecule has 0 aromatic carbocycles. The number of thiophene rings is 2. The van der Waals surface area contributed by atoms with Gasteiger partial charge in [0, 0.05) is 27.2 Å². The van der Waals surface area contributed by atoms with Crippen molar-refractivity contribution in [2.75, 3.05) is 17.7 Å². The van der Waals surface area contributed by atoms with Crippen LogP contribution in [-0.4, -0.2) is 39.0 Å². The van der Waals surface area contributed by atoms with Gasteiger partial charge in [0.15, 0.2) is 11.0 Å². The second-order valence-electron chi connectivity index (χ2n) is 8.52. The Hall–Kier alpha value is -2.17. The Balaban J connectivity index is 1.50. The summed E-state index contributed by atoms with van der Waals surface area (Å²) in [6.45, 7) is 9.29. The fraction of sp³-hybridized carbons (Fsp3) is 0.500. The predicted octanol–water partition coefficient (Wildman–Crippen LogP) is 5.82. The molecule has 0 unspecified atom stereocenters. The number of thioether (sulfide) groups is 1. The van der Waals surface area contributed by atoms with Gasteiger partial charge in [0.1, 0.15) is 5.00 Å². The van der Waals surface area contributed by atoms with E-state index in [9.17, 15) is 9.59 Å². The van der Waals surface area contributed by atoms with Crippen molar-refractivity contribution in [3.63, 3.8) is 0 Å². The molecule has 10 heteroatoms. The summed E-state index contributed by atoms with van der Waals surface area (Å²) in [6, 6.07) is 2.11. The third-order valence-corrected chi connectivity index (χ3v) is 8.73. The van der Waals surface area contributed by atoms with Crippen LogP contribution in [-0.2, 0) is 28.9 Å². The van der Waals surface area contributed by atoms with Crippen molar-refractivity contribution in [1.82, 2.24) is 14.8 Å². The number of carbonyl (C=O) groups excluding carboxylic acids is 2. The number of carbonyl (C=O) groups is 2. The van der Waals surface area contributed by atoms with Gasteiger partial charge in [-0.25, -0.2) is 4.79 Å². The standard InChI is InChI=1S/C24H30N4O3S3/c1-5-9-28-21(16-11-15(4)32-12-16)26-27-24(28)33-13-19(29)25-22-20(23(30)31-6-2)17-8-7-14(3)10-18(17)34-22/h11-12,14H,5-10,13H2,1-4H3,(H,25,29)/t14-/m0/s1. The predicted molar refractivity (Wildman–Crippen MR) is 139 cm³/mol. The molecule has 1 N–H and O–H groups in total. The number of fused-ring (bicyclic) bond motifs is 1. The zero-order chi connectivity index (χ0) is 24.2. The maximum absolute atomic E-state index is 12.9. The van der Waals surface area contributed by atoms with Crippen LogP contribution in [0, 0.1) is 12.8 Å². The SMILES string of the molecule is CCCn1c(SCC(=O)Nc2sc3c(c2C(=O)OCC)CC[C@H](C)C3)nnc1-c1csc(C)c1. The van der Waals surface area contributed by atoms with Gasteiger partial charge >= 0.3 is 5.97 Å². The van der Waals surface area contributed by atoms with Crippen LogP contribution in [0.5, 0.6) is 0 Å². The molecular weight excluding hydrogens is 488 g/mol. The number of nitrogens with one attached hydrogen (secondary N) is 1. The molecule has 0 saturated carbocycles. The Morgan fingerprint density at radius 3 is 2.85 bits per heavy atom. The zero-order valence-electron chi connectivity index (χ0n) is 20.0. The molecule has 1 amide bonds. The van der Waals surface area contributed by atoms with Crippen molar-refractivity contribution in [2.24, 2.45) is 5.92 Å². The number of esters is 1. The van der Waals surface area contributed by atoms with Gasteiger partial charge in [-0.3, -0.25) is 4.79 Å². The topological polar surface area (TPSA) is 86.1 Å². The monoisotopic (exact) mass is 518 g/mol. The molecule has 0 bridgehead atoms. The van der Waals surface area contributed by atoms with E-state index < -0.39 is 0 Å². The van der Waals surface area contributed by atoms with Gasteiger partial charge in [-0.15, -0.1) is 32.9 Å². The van der Waals surface area contributed by atoms with Crippen LogP contribution in [0.4, 0.5) is 5.00 Å². The molecule has 7 nitrogen and oxygen atoms in total. The normalized spacial score (nSPS) is 15.2. The maximum atomic E-state index is 12.9. The van der Waals surface area contributed by atoms with E-state index >= 15 is 0 Å². The summed E-state index contributed by atoms with van der Waals surface area (Å²) < 4.78 is 7.39. The largest absolute Gasteiger partial charge is 0.462 e. The van der Waals surface area contributed by atoms with E-state index in [0.717, 1.165) is 54.3 Å². The third kappa shape index (κ3) is 5.39. The average molecular weight is 519 g/mol. The number of hydrogen-bond acceptors (Lipinski definition) is 8. The van der Waals surface area contributed by atoms with Crippen molar-refractivity contribution in [3.05, 3.63) is 32.3 Å². The molecule has 0 spiro atoms. The first-order valence-corrected chi connectivity index (χ1v) is 14.3. The van der Waals surface area contributed by atoms with E-state index in [2.05, 4.69) is 52.3 Å². The number of nitrogens with zero attached hydrogens (tertiary/aromatic N) is 3. The summed E-state index contributed by atoms with van der Waals surface area (Å²) in [6.07, 6.45) is 3.76. The number of aryl methyl sites for hydroxylation is 1. The molecular formula is C24H30N4O3S3. The molecule has 1 aliphatic carbocycles. The van der Waals surface area contributed by atoms with Gasteiger partial charge in [0.2, 0.25) is 5.91 Å². The highest BCUT2D eigenvalue weighted by molar-refractivity contribution is 7.99. The van der Waals surface area contributed by atoms with Crippen molar-refractivity contribution < 1.29 is 14.3 Å². The molecule has 0 radical (unpaired) electrons. The quantitative estimate of drug-likeness (QED) is 0.284. The van der Waals surface area contributed by atoms with Crippen LogP contribution < -0.4 is 5.32 Å². The first kappa shape index (κ1) is 24.9. The van der Waals surface area contributed by atoms with Crippen LogP contribution in [0.25, 0.3) is 11.4 Å². The lowest BCUT2D eigenvalue weighted by Crippen LogP contribution is -2.18. The lowest BCUT2D eigenvalue weighted by atomic mass is 9.88. The Morgan fingerprint density at radius 2 is 2.15 bits per heavy atom. The number of amides is 1. The van der Waals surface area contributed by atoms with E-state index in [1.807, 2.05) is 0 Å². The second kappa shape index (κ2) is 11.0. The fourth-order valence-electron chi connectivity index (χ4n) is 4.15. The Bertz CT molecular complexity index is 1180. The van der Waals surface area contributed by atoms with E-state index in [1.165, 1.54) is 32.9 Å². The minimum Gasteiger partial charge on any atom is -0.462 e. The van der Waals surface area contributed by atoms with Crippen LogP contribution in [0.15, 0.2) is 16.6 Å². The lowest BCUT2D eigenvalue weighted by molar-refractivity contribution is -0.113. The highest BCUT2D eigenvalue weighted by atomic mass is 32.2. The minimum atomic E-state index is -0.351. The first-order valence-electron chi connectivity index (χ1n) is 11.6. The zero-order valence-corrected chi connectivity index (χ0v) is 22.4. The molecule has 1 atom stereocenters. The van der Waals surface area contributed by atoms with Gasteiger partial charge in [0.25, 0.3) is 0 Å². The van der Waals surface area contributed by atoms with E-state index in [4.69, 9.17) is 4.74 Å². The van der Waals surface area contributed by atoms with Crippen molar-refractivity contribution in [3.8, 4) is 11.4 Å². The van der Waals surface area contributed by atoms with E-state index in [0.29, 0.717) is 23.1 Å². The van der Waals surface area contributed by atoms with Gasteiger partial charge < -0.3 is 14.6 Å². The smallest absolute Gasteiger partial charge is 0.341 e. The number of ether oxygens (including phenoxy) is 1. The first-order chi connectivity index (χ1) is 16.4. The molecule has 0 fully saturated rings. The van der Waals surface area contributed by atoms with Gasteiger partial charge in [-0.1, -0.05) is 25.6 Å². The summed E-state index contributed by atoms with van der Waals surface area (Å²) in [5.74, 6) is 1.08. The van der Waals surface area contributed by atoms with Crippen LogP contribution >= 0.6 is 34.4 Å². The highest BCUT2D eigenvalue weighted by Gasteiger charge is 2.29. The molecule has 4 rings (SSSR count). The highest BCUT2D eigenvalue weighted by Crippen LogP contribution is 2.40. The molecule has 3 aromatic rings. The van der Waals surface area contributed by atoms with Crippen LogP contribution in [0.3, 0.4) is 0 Å². The van der Waals surface area contributed by atoms with Crippen molar-refractivity contribution in [1.29, 1.82) is 0 Å². The summed E-state index contributed by atoms with van der Waals surface area (Å²) in [5, 5.41) is 15.2. The number of aromatic nitrogens is 3. The Morgan fingerprint density at radius 1 is 1.32 bits per heavy atom. The summed E-state index contributed by atoms with van der Waals surface area (Å²) in [5.41, 5.74) is 2.64. The van der Waals surface area contributed by atoms with Gasteiger partial charge in [-0.2, -0.15) is 0 Å². The van der Waals surface area contributed by atoms with Gasteiger partial charge in [0.05, 0.1) is 17.9 Å². The van der Waals surface area contributed by atoms with Crippen LogP contribution in [0.1, 0.15) is 59.3 Å². The summed E-state index contributed by atoms with van der Waals surface area (Å²) >= 11 is 4.56. The van der Waals surface area contributed by atoms with Crippen molar-refractivity contribution >= 4 is 51.3 Å². The maximum Gasteiger partial charge on any atom is 0.341 e. The van der Waals surface area contributed by atoms with E-state index in [1.54, 1.807) is 18.3 Å². The molecule has 0 aliphatic heterocycles. The molecule has 34 heavy (non-hydrogen) atoms. The minimum absolute atomic E-state index is 0.166. The Kier molecular flexibility index (Phi) is 8.10. The molecule has 3 aromatic heterocycles. The lowest BCUT2D eigenvalue weighted by Gasteiger charge is -2.18. The molecule has 1 aliphatic rings. The fourth-order valence-corrected chi connectivity index (χ4v) is 7.01. The summed E-state index contributed by atoms with van der Waals surface area (Å²) in [7, 11) is 0. The third-order valence-electron chi connectivity index (χ3n) is 5.73. The van der Waals surface area contributed by atoms with Crippen molar-refractivity contribution in [2.45, 2.75) is 65.1 Å². The summed E-state index contributed by atoms with van der Waals surface area (Å²) in [4.78, 5) is 28.0. The molecule has 3 heterocycles. The van der Waals surface area contributed by atoms with Gasteiger partial charge in [-0.05, 0) is 57.1 Å². The second-order valence-corrected chi connectivity index (χ2v) is 11.7. The number of anilines is 1. The Labute approximate surface area is 212 Å². The van der Waals surface area contributed by atoms with Crippen LogP contribution in [0.2, 0.25) is 0 Å². The number of rotatable bonds is 9. The average Bonchev–Trinajstić information content (AvgIpc) is 3.49. The molecule has 182 valence electrons. The number of hydrogen-bond donors (Lipinski definition) is 1. The van der Waals surface area contributed by atoms with E-state index in [-0.39, 0.29) is 17.6 Å². The molecule has 0 saturated heterocycles.